The molecule has 0 atom stereocenters. The molecular formula is C12H19N3O3. The van der Waals surface area contributed by atoms with Gasteiger partial charge in [0.1, 0.15) is 0 Å². The van der Waals surface area contributed by atoms with Crippen LogP contribution in [0, 0.1) is 11.3 Å². The Morgan fingerprint density at radius 3 is 2.50 bits per heavy atom. The standard InChI is InChI=1S/C12H19N3O3/c1-2-14(8-3-7-13)12(18)15(10-4-5-10)9-6-11(16)17/h10H,2-6,8-9H2,1H3,(H,16,17). The van der Waals surface area contributed by atoms with Gasteiger partial charge in [-0.2, -0.15) is 5.26 Å². The highest BCUT2D eigenvalue weighted by molar-refractivity contribution is 5.76. The number of carbonyl (C=O) groups is 2. The maximum Gasteiger partial charge on any atom is 0.320 e. The molecule has 0 aliphatic heterocycles. The largest absolute Gasteiger partial charge is 0.481 e. The molecule has 2 amide bonds. The Hall–Kier alpha value is -1.77. The first-order valence-corrected chi connectivity index (χ1v) is 6.24. The number of carbonyl (C=O) groups excluding carboxylic acids is 1. The molecule has 0 spiro atoms. The average Bonchev–Trinajstić information content (AvgIpc) is 3.14. The van der Waals surface area contributed by atoms with Gasteiger partial charge in [0, 0.05) is 25.7 Å². The minimum atomic E-state index is -0.895. The van der Waals surface area contributed by atoms with Crippen LogP contribution in [0.2, 0.25) is 0 Å². The van der Waals surface area contributed by atoms with E-state index in [1.165, 1.54) is 0 Å². The normalized spacial score (nSPS) is 13.8. The summed E-state index contributed by atoms with van der Waals surface area (Å²) < 4.78 is 0. The SMILES string of the molecule is CCN(CCC#N)C(=O)N(CCC(=O)O)C1CC1. The van der Waals surface area contributed by atoms with Crippen molar-refractivity contribution in [2.24, 2.45) is 0 Å². The van der Waals surface area contributed by atoms with Crippen molar-refractivity contribution < 1.29 is 14.7 Å². The lowest BCUT2D eigenvalue weighted by Gasteiger charge is -2.29. The van der Waals surface area contributed by atoms with Gasteiger partial charge in [-0.3, -0.25) is 4.79 Å². The maximum atomic E-state index is 12.2. The zero-order chi connectivity index (χ0) is 13.5. The number of carboxylic acids is 1. The van der Waals surface area contributed by atoms with Crippen LogP contribution in [-0.4, -0.2) is 52.6 Å². The summed E-state index contributed by atoms with van der Waals surface area (Å²) in [5.74, 6) is -0.895. The van der Waals surface area contributed by atoms with E-state index in [1.54, 1.807) is 9.80 Å². The van der Waals surface area contributed by atoms with Crippen molar-refractivity contribution in [3.63, 3.8) is 0 Å². The van der Waals surface area contributed by atoms with Gasteiger partial charge in [0.2, 0.25) is 0 Å². The van der Waals surface area contributed by atoms with Crippen molar-refractivity contribution in [2.75, 3.05) is 19.6 Å². The summed E-state index contributed by atoms with van der Waals surface area (Å²) in [5, 5.41) is 17.2. The van der Waals surface area contributed by atoms with Crippen LogP contribution in [0.1, 0.15) is 32.6 Å². The number of carboxylic acid groups (broad SMARTS) is 1. The van der Waals surface area contributed by atoms with Crippen LogP contribution in [-0.2, 0) is 4.79 Å². The molecule has 0 aromatic heterocycles. The Kier molecular flexibility index (Phi) is 5.43. The maximum absolute atomic E-state index is 12.2. The molecule has 1 N–H and O–H groups in total. The summed E-state index contributed by atoms with van der Waals surface area (Å²) in [6.07, 6.45) is 2.16. The van der Waals surface area contributed by atoms with E-state index >= 15 is 0 Å². The van der Waals surface area contributed by atoms with Gasteiger partial charge < -0.3 is 14.9 Å². The number of hydrogen-bond donors (Lipinski definition) is 1. The molecule has 1 fully saturated rings. The fourth-order valence-electron chi connectivity index (χ4n) is 1.79. The lowest BCUT2D eigenvalue weighted by Crippen LogP contribution is -2.45. The molecule has 6 nitrogen and oxygen atoms in total. The molecule has 0 bridgehead atoms. The van der Waals surface area contributed by atoms with Gasteiger partial charge in [0.25, 0.3) is 0 Å². The summed E-state index contributed by atoms with van der Waals surface area (Å²) in [6.45, 7) is 3.05. The second kappa shape index (κ2) is 6.84. The molecule has 0 saturated heterocycles. The lowest BCUT2D eigenvalue weighted by atomic mass is 10.3. The fourth-order valence-corrected chi connectivity index (χ4v) is 1.79. The van der Waals surface area contributed by atoms with Gasteiger partial charge in [-0.1, -0.05) is 0 Å². The van der Waals surface area contributed by atoms with E-state index < -0.39 is 5.97 Å². The minimum absolute atomic E-state index is 0.0297. The number of nitrogens with zero attached hydrogens (tertiary/aromatic N) is 3. The highest BCUT2D eigenvalue weighted by Crippen LogP contribution is 2.28. The predicted octanol–water partition coefficient (Wildman–Crippen LogP) is 1.28. The van der Waals surface area contributed by atoms with Gasteiger partial charge in [-0.25, -0.2) is 4.79 Å². The molecule has 100 valence electrons. The molecule has 0 aromatic carbocycles. The molecule has 18 heavy (non-hydrogen) atoms. The van der Waals surface area contributed by atoms with Gasteiger partial charge in [-0.15, -0.1) is 0 Å². The second-order valence-electron chi connectivity index (χ2n) is 4.34. The molecule has 1 rings (SSSR count). The molecule has 1 aliphatic carbocycles. The first-order chi connectivity index (χ1) is 8.60. The molecule has 0 heterocycles. The number of urea groups is 1. The summed E-state index contributed by atoms with van der Waals surface area (Å²) in [6, 6.07) is 2.06. The van der Waals surface area contributed by atoms with E-state index in [9.17, 15) is 9.59 Å². The van der Waals surface area contributed by atoms with Crippen molar-refractivity contribution in [1.82, 2.24) is 9.80 Å². The summed E-state index contributed by atoms with van der Waals surface area (Å²) >= 11 is 0. The fraction of sp³-hybridized carbons (Fsp3) is 0.750. The van der Waals surface area contributed by atoms with Crippen LogP contribution in [0.5, 0.6) is 0 Å². The molecule has 0 aromatic rings. The van der Waals surface area contributed by atoms with Gasteiger partial charge >= 0.3 is 12.0 Å². The zero-order valence-electron chi connectivity index (χ0n) is 10.6. The third-order valence-electron chi connectivity index (χ3n) is 2.95. The van der Waals surface area contributed by atoms with Crippen molar-refractivity contribution >= 4 is 12.0 Å². The van der Waals surface area contributed by atoms with E-state index in [0.717, 1.165) is 12.8 Å². The lowest BCUT2D eigenvalue weighted by molar-refractivity contribution is -0.137. The number of nitriles is 1. The highest BCUT2D eigenvalue weighted by atomic mass is 16.4. The Morgan fingerprint density at radius 2 is 2.06 bits per heavy atom. The summed E-state index contributed by atoms with van der Waals surface area (Å²) in [5.41, 5.74) is 0. The van der Waals surface area contributed by atoms with E-state index in [4.69, 9.17) is 10.4 Å². The Morgan fingerprint density at radius 1 is 1.39 bits per heavy atom. The van der Waals surface area contributed by atoms with Crippen molar-refractivity contribution in [3.8, 4) is 6.07 Å². The first kappa shape index (κ1) is 14.3. The second-order valence-corrected chi connectivity index (χ2v) is 4.34. The summed E-state index contributed by atoms with van der Waals surface area (Å²) in [4.78, 5) is 26.0. The monoisotopic (exact) mass is 253 g/mol. The molecule has 0 unspecified atom stereocenters. The molecule has 0 radical (unpaired) electrons. The first-order valence-electron chi connectivity index (χ1n) is 6.24. The van der Waals surface area contributed by atoms with Gasteiger partial charge in [0.15, 0.2) is 0 Å². The van der Waals surface area contributed by atoms with E-state index in [2.05, 4.69) is 0 Å². The van der Waals surface area contributed by atoms with Crippen LogP contribution in [0.25, 0.3) is 0 Å². The van der Waals surface area contributed by atoms with E-state index in [0.29, 0.717) is 19.5 Å². The Bertz CT molecular complexity index is 347. The quantitative estimate of drug-likeness (QED) is 0.740. The van der Waals surface area contributed by atoms with Crippen molar-refractivity contribution in [1.29, 1.82) is 5.26 Å². The number of hydrogen-bond acceptors (Lipinski definition) is 3. The molecule has 1 aliphatic rings. The van der Waals surface area contributed by atoms with Crippen LogP contribution in [0.3, 0.4) is 0 Å². The number of amides is 2. The minimum Gasteiger partial charge on any atom is -0.481 e. The number of rotatable bonds is 7. The molecule has 1 saturated carbocycles. The van der Waals surface area contributed by atoms with E-state index in [1.807, 2.05) is 13.0 Å². The average molecular weight is 253 g/mol. The topological polar surface area (TPSA) is 84.6 Å². The predicted molar refractivity (Wildman–Crippen MR) is 64.9 cm³/mol. The molecule has 6 heteroatoms. The Balaban J connectivity index is 2.57. The van der Waals surface area contributed by atoms with Gasteiger partial charge in [-0.05, 0) is 19.8 Å². The summed E-state index contributed by atoms with van der Waals surface area (Å²) in [7, 11) is 0. The van der Waals surface area contributed by atoms with Crippen LogP contribution in [0.4, 0.5) is 4.79 Å². The highest BCUT2D eigenvalue weighted by Gasteiger charge is 2.34. The smallest absolute Gasteiger partial charge is 0.320 e. The molecular weight excluding hydrogens is 234 g/mol. The van der Waals surface area contributed by atoms with Crippen LogP contribution >= 0.6 is 0 Å². The number of aliphatic carboxylic acids is 1. The van der Waals surface area contributed by atoms with Gasteiger partial charge in [0.05, 0.1) is 18.9 Å². The third-order valence-corrected chi connectivity index (χ3v) is 2.95. The van der Waals surface area contributed by atoms with E-state index in [-0.39, 0.29) is 25.0 Å². The van der Waals surface area contributed by atoms with Crippen molar-refractivity contribution in [3.05, 3.63) is 0 Å². The van der Waals surface area contributed by atoms with Crippen molar-refractivity contribution in [2.45, 2.75) is 38.6 Å². The Labute approximate surface area is 107 Å². The third kappa shape index (κ3) is 4.24. The van der Waals surface area contributed by atoms with Crippen LogP contribution < -0.4 is 0 Å². The zero-order valence-corrected chi connectivity index (χ0v) is 10.6. The van der Waals surface area contributed by atoms with Crippen LogP contribution in [0.15, 0.2) is 0 Å².